The van der Waals surface area contributed by atoms with Crippen LogP contribution in [0.4, 0.5) is 0 Å². The van der Waals surface area contributed by atoms with Gasteiger partial charge in [0.25, 0.3) is 0 Å². The summed E-state index contributed by atoms with van der Waals surface area (Å²) in [6, 6.07) is 0. The molecule has 0 fully saturated rings. The van der Waals surface area contributed by atoms with Crippen molar-refractivity contribution < 1.29 is 19.0 Å². The number of rotatable bonds is 7. The molecular weight excluding hydrogens is 260 g/mol. The fourth-order valence-corrected chi connectivity index (χ4v) is 1.84. The van der Waals surface area contributed by atoms with Crippen LogP contribution in [0.2, 0.25) is 0 Å². The summed E-state index contributed by atoms with van der Waals surface area (Å²) in [5.41, 5.74) is 0. The predicted octanol–water partition coefficient (Wildman–Crippen LogP) is 2.52. The van der Waals surface area contributed by atoms with E-state index in [0.29, 0.717) is 35.7 Å². The van der Waals surface area contributed by atoms with Gasteiger partial charge in [0.1, 0.15) is 5.76 Å². The third kappa shape index (κ3) is 9.00. The third-order valence-electron chi connectivity index (χ3n) is 1.49. The number of hydrogen-bond acceptors (Lipinski definition) is 6. The Bertz CT molecular complexity index is 277. The molecule has 0 aromatic carbocycles. The van der Waals surface area contributed by atoms with Crippen molar-refractivity contribution >= 4 is 34.3 Å². The molecule has 6 heteroatoms. The van der Waals surface area contributed by atoms with Crippen LogP contribution in [0, 0.1) is 0 Å². The standard InChI is InChI=1S/C11H18O4S2/c1-4-13-9(7-10(12)14-5-2)8-17-11(16)15-6-3/h7H,4-6,8H2,1-3H3/b9-7-. The summed E-state index contributed by atoms with van der Waals surface area (Å²) in [4.78, 5) is 11.2. The molecule has 17 heavy (non-hydrogen) atoms. The monoisotopic (exact) mass is 278 g/mol. The molecule has 0 atom stereocenters. The lowest BCUT2D eigenvalue weighted by Crippen LogP contribution is -2.06. The van der Waals surface area contributed by atoms with Gasteiger partial charge in [-0.3, -0.25) is 0 Å². The van der Waals surface area contributed by atoms with Gasteiger partial charge in [0.15, 0.2) is 0 Å². The molecule has 4 nitrogen and oxygen atoms in total. The molecule has 0 aliphatic carbocycles. The summed E-state index contributed by atoms with van der Waals surface area (Å²) in [6.07, 6.45) is 1.34. The summed E-state index contributed by atoms with van der Waals surface area (Å²) in [6.45, 7) is 6.85. The van der Waals surface area contributed by atoms with Gasteiger partial charge in [0.05, 0.1) is 31.6 Å². The molecule has 0 unspecified atom stereocenters. The fourth-order valence-electron chi connectivity index (χ4n) is 0.915. The second-order valence-electron chi connectivity index (χ2n) is 2.77. The van der Waals surface area contributed by atoms with E-state index in [2.05, 4.69) is 0 Å². The number of thiocarbonyl (C=S) groups is 1. The number of thioether (sulfide) groups is 1. The van der Waals surface area contributed by atoms with E-state index in [1.54, 1.807) is 6.92 Å². The summed E-state index contributed by atoms with van der Waals surface area (Å²) in [5, 5.41) is 0. The van der Waals surface area contributed by atoms with Crippen LogP contribution in [0.5, 0.6) is 0 Å². The smallest absolute Gasteiger partial charge is 0.334 e. The van der Waals surface area contributed by atoms with Crippen LogP contribution >= 0.6 is 24.0 Å². The van der Waals surface area contributed by atoms with Crippen LogP contribution in [0.25, 0.3) is 0 Å². The molecule has 0 aliphatic rings. The lowest BCUT2D eigenvalue weighted by atomic mass is 10.5. The Hall–Kier alpha value is -0.750. The highest BCUT2D eigenvalue weighted by atomic mass is 32.2. The van der Waals surface area contributed by atoms with Gasteiger partial charge >= 0.3 is 5.97 Å². The predicted molar refractivity (Wildman–Crippen MR) is 73.0 cm³/mol. The van der Waals surface area contributed by atoms with Crippen molar-refractivity contribution in [3.8, 4) is 0 Å². The van der Waals surface area contributed by atoms with Gasteiger partial charge in [-0.05, 0) is 33.0 Å². The number of esters is 1. The Morgan fingerprint density at radius 1 is 1.12 bits per heavy atom. The first-order valence-electron chi connectivity index (χ1n) is 5.43. The average Bonchev–Trinajstić information content (AvgIpc) is 2.27. The Morgan fingerprint density at radius 3 is 2.24 bits per heavy atom. The van der Waals surface area contributed by atoms with E-state index in [9.17, 15) is 4.79 Å². The SMILES string of the molecule is CCOC(=O)/C=C(/CSC(=S)OCC)OCC. The second-order valence-corrected chi connectivity index (χ2v) is 4.34. The molecule has 0 aliphatic heterocycles. The van der Waals surface area contributed by atoms with E-state index in [1.807, 2.05) is 13.8 Å². The van der Waals surface area contributed by atoms with E-state index in [-0.39, 0.29) is 0 Å². The first kappa shape index (κ1) is 16.2. The first-order chi connectivity index (χ1) is 8.13. The normalized spacial score (nSPS) is 10.9. The van der Waals surface area contributed by atoms with E-state index < -0.39 is 5.97 Å². The van der Waals surface area contributed by atoms with Gasteiger partial charge in [0, 0.05) is 0 Å². The molecule has 0 aromatic heterocycles. The number of carbonyl (C=O) groups is 1. The molecule has 0 bridgehead atoms. The number of ether oxygens (including phenoxy) is 3. The van der Waals surface area contributed by atoms with Crippen molar-refractivity contribution in [2.75, 3.05) is 25.6 Å². The van der Waals surface area contributed by atoms with Gasteiger partial charge in [-0.1, -0.05) is 11.8 Å². The quantitative estimate of drug-likeness (QED) is 0.309. The van der Waals surface area contributed by atoms with Crippen LogP contribution in [0.3, 0.4) is 0 Å². The maximum Gasteiger partial charge on any atom is 0.334 e. The van der Waals surface area contributed by atoms with Crippen LogP contribution in [0.1, 0.15) is 20.8 Å². The van der Waals surface area contributed by atoms with Gasteiger partial charge in [-0.15, -0.1) is 0 Å². The summed E-state index contributed by atoms with van der Waals surface area (Å²) in [5.74, 6) is 0.600. The highest BCUT2D eigenvalue weighted by Gasteiger charge is 2.06. The Kier molecular flexibility index (Phi) is 9.95. The molecule has 0 saturated heterocycles. The van der Waals surface area contributed by atoms with Crippen LogP contribution < -0.4 is 0 Å². The Morgan fingerprint density at radius 2 is 1.71 bits per heavy atom. The minimum atomic E-state index is -0.404. The molecule has 0 saturated carbocycles. The van der Waals surface area contributed by atoms with Crippen molar-refractivity contribution in [3.05, 3.63) is 11.8 Å². The van der Waals surface area contributed by atoms with Gasteiger partial charge < -0.3 is 14.2 Å². The molecule has 0 heterocycles. The Balaban J connectivity index is 4.22. The fraction of sp³-hybridized carbons (Fsp3) is 0.636. The van der Waals surface area contributed by atoms with E-state index >= 15 is 0 Å². The lowest BCUT2D eigenvalue weighted by molar-refractivity contribution is -0.137. The summed E-state index contributed by atoms with van der Waals surface area (Å²) < 4.78 is 15.7. The largest absolute Gasteiger partial charge is 0.497 e. The zero-order chi connectivity index (χ0) is 13.1. The van der Waals surface area contributed by atoms with Gasteiger partial charge in [-0.25, -0.2) is 4.79 Å². The van der Waals surface area contributed by atoms with E-state index in [1.165, 1.54) is 17.8 Å². The zero-order valence-corrected chi connectivity index (χ0v) is 12.0. The lowest BCUT2D eigenvalue weighted by Gasteiger charge is -2.09. The molecule has 0 aromatic rings. The molecule has 0 rings (SSSR count). The summed E-state index contributed by atoms with van der Waals surface area (Å²) >= 11 is 6.28. The topological polar surface area (TPSA) is 44.8 Å². The van der Waals surface area contributed by atoms with Crippen LogP contribution in [-0.2, 0) is 19.0 Å². The summed E-state index contributed by atoms with van der Waals surface area (Å²) in [7, 11) is 0. The van der Waals surface area contributed by atoms with Crippen LogP contribution in [-0.4, -0.2) is 35.9 Å². The van der Waals surface area contributed by atoms with Crippen molar-refractivity contribution in [1.82, 2.24) is 0 Å². The van der Waals surface area contributed by atoms with Crippen molar-refractivity contribution in [1.29, 1.82) is 0 Å². The molecule has 0 amide bonds. The highest BCUT2D eigenvalue weighted by molar-refractivity contribution is 8.22. The van der Waals surface area contributed by atoms with Gasteiger partial charge in [-0.2, -0.15) is 0 Å². The maximum absolute atomic E-state index is 11.2. The molecular formula is C11H18O4S2. The zero-order valence-electron chi connectivity index (χ0n) is 10.4. The third-order valence-corrected chi connectivity index (χ3v) is 2.74. The minimum Gasteiger partial charge on any atom is -0.497 e. The first-order valence-corrected chi connectivity index (χ1v) is 6.83. The maximum atomic E-state index is 11.2. The average molecular weight is 278 g/mol. The van der Waals surface area contributed by atoms with E-state index in [0.717, 1.165) is 0 Å². The number of carbonyl (C=O) groups excluding carboxylic acids is 1. The molecule has 0 radical (unpaired) electrons. The van der Waals surface area contributed by atoms with E-state index in [4.69, 9.17) is 26.4 Å². The van der Waals surface area contributed by atoms with Crippen LogP contribution in [0.15, 0.2) is 11.8 Å². The minimum absolute atomic E-state index is 0.346. The van der Waals surface area contributed by atoms with Crippen molar-refractivity contribution in [2.24, 2.45) is 0 Å². The molecule has 98 valence electrons. The highest BCUT2D eigenvalue weighted by Crippen LogP contribution is 2.12. The van der Waals surface area contributed by atoms with Crippen molar-refractivity contribution in [3.63, 3.8) is 0 Å². The van der Waals surface area contributed by atoms with Crippen molar-refractivity contribution in [2.45, 2.75) is 20.8 Å². The number of hydrogen-bond donors (Lipinski definition) is 0. The van der Waals surface area contributed by atoms with Gasteiger partial charge in [0.2, 0.25) is 4.38 Å². The Labute approximate surface area is 112 Å². The molecule has 0 N–H and O–H groups in total. The molecule has 0 spiro atoms. The second kappa shape index (κ2) is 10.4.